The van der Waals surface area contributed by atoms with Crippen molar-refractivity contribution in [2.45, 2.75) is 200 Å². The maximum Gasteiger partial charge on any atom is 0.472 e. The Kier molecular flexibility index (Phi) is 48.2. The van der Waals surface area contributed by atoms with Crippen LogP contribution in [0.1, 0.15) is 188 Å². The molecule has 2 N–H and O–H groups in total. The van der Waals surface area contributed by atoms with Gasteiger partial charge in [0, 0.05) is 12.8 Å². The van der Waals surface area contributed by atoms with Crippen molar-refractivity contribution in [2.75, 3.05) is 26.4 Å². The highest BCUT2D eigenvalue weighted by molar-refractivity contribution is 7.47. The smallest absolute Gasteiger partial charge is 0.462 e. The first-order valence-electron chi connectivity index (χ1n) is 26.4. The van der Waals surface area contributed by atoms with E-state index in [1.807, 2.05) is 18.2 Å². The number of ether oxygens (including phenoxy) is 3. The molecule has 0 aliphatic rings. The van der Waals surface area contributed by atoms with Crippen LogP contribution in [0.25, 0.3) is 0 Å². The van der Waals surface area contributed by atoms with Gasteiger partial charge in [-0.25, -0.2) is 4.57 Å². The average molecular weight is 997 g/mol. The molecule has 0 radical (unpaired) electrons. The lowest BCUT2D eigenvalue weighted by atomic mass is 10.1. The van der Waals surface area contributed by atoms with Gasteiger partial charge in [0.15, 0.2) is 6.10 Å². The van der Waals surface area contributed by atoms with E-state index in [9.17, 15) is 28.9 Å². The fourth-order valence-corrected chi connectivity index (χ4v) is 7.20. The molecule has 0 aromatic carbocycles. The highest BCUT2D eigenvalue weighted by Gasteiger charge is 2.28. The minimum absolute atomic E-state index is 0.0754. The Morgan fingerprint density at radius 1 is 0.429 bits per heavy atom. The number of phosphoric acid groups is 1. The molecule has 0 aromatic heterocycles. The third kappa shape index (κ3) is 48.9. The van der Waals surface area contributed by atoms with E-state index in [1.165, 1.54) is 25.7 Å². The highest BCUT2D eigenvalue weighted by Crippen LogP contribution is 2.43. The van der Waals surface area contributed by atoms with Crippen molar-refractivity contribution >= 4 is 25.7 Å². The number of hydrogen-bond acceptors (Lipinski definition) is 10. The monoisotopic (exact) mass is 997 g/mol. The van der Waals surface area contributed by atoms with Crippen molar-refractivity contribution < 1.29 is 52.2 Å². The van der Waals surface area contributed by atoms with Crippen molar-refractivity contribution in [2.24, 2.45) is 0 Å². The molecular weight excluding hydrogens is 904 g/mol. The molecule has 0 bridgehead atoms. The van der Waals surface area contributed by atoms with Gasteiger partial charge in [-0.05, 0) is 109 Å². The summed E-state index contributed by atoms with van der Waals surface area (Å²) in [5, 5.41) is 9.78. The molecule has 0 spiro atoms. The summed E-state index contributed by atoms with van der Waals surface area (Å²) in [6.45, 7) is 4.19. The van der Waals surface area contributed by atoms with E-state index in [0.29, 0.717) is 19.3 Å². The van der Waals surface area contributed by atoms with Gasteiger partial charge in [0.1, 0.15) is 12.7 Å². The predicted molar refractivity (Wildman–Crippen MR) is 288 cm³/mol. The lowest BCUT2D eigenvalue weighted by molar-refractivity contribution is -0.160. The Bertz CT molecular complexity index is 1630. The van der Waals surface area contributed by atoms with Crippen LogP contribution < -0.4 is 0 Å². The van der Waals surface area contributed by atoms with Crippen molar-refractivity contribution in [3.05, 3.63) is 122 Å². The summed E-state index contributed by atoms with van der Waals surface area (Å²) in [5.74, 6) is -1.69. The van der Waals surface area contributed by atoms with Crippen LogP contribution in [0.4, 0.5) is 0 Å². The van der Waals surface area contributed by atoms with Gasteiger partial charge < -0.3 is 24.2 Å². The fraction of sp³-hybridized carbons (Fsp3) is 0.603. The van der Waals surface area contributed by atoms with Gasteiger partial charge in [-0.1, -0.05) is 181 Å². The van der Waals surface area contributed by atoms with Gasteiger partial charge in [0.25, 0.3) is 0 Å². The second-order valence-corrected chi connectivity index (χ2v) is 18.4. The molecule has 0 aliphatic carbocycles. The lowest BCUT2D eigenvalue weighted by Gasteiger charge is -2.21. The third-order valence-corrected chi connectivity index (χ3v) is 11.3. The summed E-state index contributed by atoms with van der Waals surface area (Å²) in [7, 11) is -4.79. The van der Waals surface area contributed by atoms with Crippen LogP contribution in [-0.2, 0) is 42.2 Å². The first kappa shape index (κ1) is 65.9. The number of unbranched alkanes of at least 4 members (excludes halogenated alkanes) is 11. The summed E-state index contributed by atoms with van der Waals surface area (Å²) in [5.41, 5.74) is 0. The number of esters is 3. The van der Waals surface area contributed by atoms with Crippen LogP contribution in [-0.4, -0.2) is 66.5 Å². The standard InChI is InChI=1S/C58H93O11P/c1-4-7-10-13-16-19-22-25-27-30-33-36-39-42-45-48-57(61)68-54(50-59)52-66-70(63,64)67-53-55(51-65-56(60)47-44-41-38-35-32-29-24-21-18-15-12-9-6-3)69-58(62)49-46-43-40-37-34-31-28-26-23-20-17-14-11-8-5-2/h7-8,10-11,16-17,19-21,24-28,33-34,36-37,43,46,54-55,59H,4-6,9,12-15,18,22-23,29-32,35,38-42,44-45,47-53H2,1-3H3,(H,63,64)/b10-7-,11-8-,19-16-,20-17-,24-21-,27-25-,28-26-,36-33-,37-34-,46-43-. The number of hydrogen-bond donors (Lipinski definition) is 2. The van der Waals surface area contributed by atoms with Gasteiger partial charge in [-0.3, -0.25) is 23.4 Å². The van der Waals surface area contributed by atoms with Gasteiger partial charge in [-0.15, -0.1) is 0 Å². The molecular formula is C58H93O11P. The molecule has 3 atom stereocenters. The minimum Gasteiger partial charge on any atom is -0.462 e. The second kappa shape index (κ2) is 51.2. The largest absolute Gasteiger partial charge is 0.472 e. The summed E-state index contributed by atoms with van der Waals surface area (Å²) >= 11 is 0. The molecule has 0 aliphatic heterocycles. The predicted octanol–water partition coefficient (Wildman–Crippen LogP) is 15.2. The van der Waals surface area contributed by atoms with E-state index in [2.05, 4.69) is 118 Å². The summed E-state index contributed by atoms with van der Waals surface area (Å²) < 4.78 is 39.2. The van der Waals surface area contributed by atoms with Gasteiger partial charge in [-0.2, -0.15) is 0 Å². The van der Waals surface area contributed by atoms with E-state index < -0.39 is 57.8 Å². The number of aliphatic hydroxyl groups excluding tert-OH is 1. The second-order valence-electron chi connectivity index (χ2n) is 16.9. The number of rotatable bonds is 47. The molecule has 0 saturated heterocycles. The Morgan fingerprint density at radius 2 is 0.800 bits per heavy atom. The number of phosphoric ester groups is 1. The molecule has 0 fully saturated rings. The summed E-state index contributed by atoms with van der Waals surface area (Å²) in [4.78, 5) is 48.3. The van der Waals surface area contributed by atoms with E-state index >= 15 is 0 Å². The third-order valence-electron chi connectivity index (χ3n) is 10.4. The zero-order valence-electron chi connectivity index (χ0n) is 43.4. The van der Waals surface area contributed by atoms with E-state index in [1.54, 1.807) is 6.08 Å². The normalized spacial score (nSPS) is 14.4. The zero-order chi connectivity index (χ0) is 51.3. The van der Waals surface area contributed by atoms with Crippen LogP contribution in [0.5, 0.6) is 0 Å². The van der Waals surface area contributed by atoms with Crippen LogP contribution >= 0.6 is 7.82 Å². The van der Waals surface area contributed by atoms with E-state index in [0.717, 1.165) is 103 Å². The average Bonchev–Trinajstić information content (AvgIpc) is 3.35. The lowest BCUT2D eigenvalue weighted by Crippen LogP contribution is -2.30. The van der Waals surface area contributed by atoms with Crippen LogP contribution in [0.2, 0.25) is 0 Å². The molecule has 0 saturated carbocycles. The molecule has 0 amide bonds. The van der Waals surface area contributed by atoms with Crippen molar-refractivity contribution in [1.29, 1.82) is 0 Å². The fourth-order valence-electron chi connectivity index (χ4n) is 6.41. The zero-order valence-corrected chi connectivity index (χ0v) is 44.3. The van der Waals surface area contributed by atoms with Crippen LogP contribution in [0, 0.1) is 0 Å². The maximum absolute atomic E-state index is 12.9. The number of aliphatic hydroxyl groups is 1. The highest BCUT2D eigenvalue weighted by atomic mass is 31.2. The van der Waals surface area contributed by atoms with E-state index in [4.69, 9.17) is 23.3 Å². The number of carbonyl (C=O) groups is 3. The van der Waals surface area contributed by atoms with E-state index in [-0.39, 0.29) is 25.9 Å². The topological polar surface area (TPSA) is 155 Å². The molecule has 396 valence electrons. The van der Waals surface area contributed by atoms with Crippen molar-refractivity contribution in [3.63, 3.8) is 0 Å². The van der Waals surface area contributed by atoms with Gasteiger partial charge in [0.2, 0.25) is 0 Å². The van der Waals surface area contributed by atoms with Crippen molar-refractivity contribution in [1.82, 2.24) is 0 Å². The molecule has 0 aromatic rings. The SMILES string of the molecule is CC/C=C\C/C=C\C/C=C\C/C=C\C/C=C\CC(=O)OC(COC(=O)CCCCCCC/C=C\CCCCCC)COP(=O)(O)OCC(CO)OC(=O)CCCC/C=C\C/C=C\C/C=C\C/C=C\CC. The Morgan fingerprint density at radius 3 is 1.30 bits per heavy atom. The molecule has 12 heteroatoms. The summed E-state index contributed by atoms with van der Waals surface area (Å²) in [6.07, 6.45) is 62.0. The van der Waals surface area contributed by atoms with Gasteiger partial charge in [0.05, 0.1) is 26.2 Å². The van der Waals surface area contributed by atoms with Crippen molar-refractivity contribution in [3.8, 4) is 0 Å². The number of allylic oxidation sites excluding steroid dienone is 19. The molecule has 3 unspecified atom stereocenters. The van der Waals surface area contributed by atoms with Crippen LogP contribution in [0.3, 0.4) is 0 Å². The Labute approximate surface area is 424 Å². The quantitative estimate of drug-likeness (QED) is 0.0197. The maximum atomic E-state index is 12.9. The number of carbonyl (C=O) groups excluding carboxylic acids is 3. The Balaban J connectivity index is 4.91. The molecule has 11 nitrogen and oxygen atoms in total. The minimum atomic E-state index is -4.79. The first-order valence-corrected chi connectivity index (χ1v) is 27.9. The van der Waals surface area contributed by atoms with Crippen LogP contribution in [0.15, 0.2) is 122 Å². The summed E-state index contributed by atoms with van der Waals surface area (Å²) in [6, 6.07) is 0. The van der Waals surface area contributed by atoms with Gasteiger partial charge >= 0.3 is 25.7 Å². The molecule has 70 heavy (non-hydrogen) atoms. The molecule has 0 heterocycles. The Hall–Kier alpha value is -4.12. The first-order chi connectivity index (χ1) is 34.2. The molecule has 0 rings (SSSR count).